The SMILES string of the molecule is Clc1ccc(Cl)c(CC2(NNC3(Cc4cccc(Cl)c4Cl)CCN(c4ncnc5[nH]ccc45)CC3)CCN(c3ncnc4[nH]ccc34)CC2)c1. The fraction of sp³-hybridized carbons (Fsp3) is 0.333. The zero-order valence-corrected chi connectivity index (χ0v) is 30.2. The molecule has 14 heteroatoms. The molecule has 2 aromatic carbocycles. The van der Waals surface area contributed by atoms with Crippen molar-refractivity contribution in [2.75, 3.05) is 36.0 Å². The predicted molar refractivity (Wildman–Crippen MR) is 203 cm³/mol. The van der Waals surface area contributed by atoms with E-state index in [1.165, 1.54) is 0 Å². The van der Waals surface area contributed by atoms with Gasteiger partial charge in [-0.1, -0.05) is 58.5 Å². The largest absolute Gasteiger partial charge is 0.356 e. The Balaban J connectivity index is 1.09. The summed E-state index contributed by atoms with van der Waals surface area (Å²) in [4.78, 5) is 29.3. The van der Waals surface area contributed by atoms with E-state index in [-0.39, 0.29) is 11.1 Å². The third-order valence-corrected chi connectivity index (χ3v) is 11.9. The Morgan fingerprint density at radius 1 is 0.620 bits per heavy atom. The summed E-state index contributed by atoms with van der Waals surface area (Å²) in [5.41, 5.74) is 10.9. The molecule has 0 bridgehead atoms. The number of hydrogen-bond acceptors (Lipinski definition) is 8. The van der Waals surface area contributed by atoms with E-state index in [1.807, 2.05) is 54.9 Å². The molecule has 0 spiro atoms. The van der Waals surface area contributed by atoms with Crippen molar-refractivity contribution in [3.63, 3.8) is 0 Å². The van der Waals surface area contributed by atoms with Crippen LogP contribution in [0.1, 0.15) is 36.8 Å². The highest BCUT2D eigenvalue weighted by Crippen LogP contribution is 2.37. The van der Waals surface area contributed by atoms with Gasteiger partial charge in [0.05, 0.1) is 20.8 Å². The fourth-order valence-electron chi connectivity index (χ4n) is 7.56. The van der Waals surface area contributed by atoms with Gasteiger partial charge in [0.2, 0.25) is 0 Å². The second kappa shape index (κ2) is 13.8. The zero-order valence-electron chi connectivity index (χ0n) is 27.2. The van der Waals surface area contributed by atoms with Crippen molar-refractivity contribution in [3.05, 3.63) is 105 Å². The average molecular weight is 751 g/mol. The molecule has 0 unspecified atom stereocenters. The van der Waals surface area contributed by atoms with E-state index in [4.69, 9.17) is 46.4 Å². The molecule has 4 aromatic heterocycles. The third kappa shape index (κ3) is 6.61. The van der Waals surface area contributed by atoms with Crippen LogP contribution in [-0.4, -0.2) is 67.2 Å². The van der Waals surface area contributed by atoms with Crippen LogP contribution in [0.15, 0.2) is 73.6 Å². The minimum absolute atomic E-state index is 0.332. The molecular weight excluding hydrogens is 714 g/mol. The summed E-state index contributed by atoms with van der Waals surface area (Å²) in [6.45, 7) is 3.19. The molecule has 2 aliphatic heterocycles. The van der Waals surface area contributed by atoms with Gasteiger partial charge >= 0.3 is 0 Å². The first-order valence-corrected chi connectivity index (χ1v) is 18.3. The number of piperidine rings is 2. The van der Waals surface area contributed by atoms with Crippen LogP contribution in [0.5, 0.6) is 0 Å². The first-order valence-electron chi connectivity index (χ1n) is 16.8. The molecule has 4 N–H and O–H groups in total. The number of aromatic nitrogens is 6. The number of halogens is 4. The van der Waals surface area contributed by atoms with Crippen LogP contribution in [-0.2, 0) is 12.8 Å². The minimum Gasteiger partial charge on any atom is -0.356 e. The van der Waals surface area contributed by atoms with Crippen LogP contribution in [0, 0.1) is 0 Å². The van der Waals surface area contributed by atoms with E-state index in [1.54, 1.807) is 12.7 Å². The number of rotatable bonds is 9. The van der Waals surface area contributed by atoms with Crippen LogP contribution >= 0.6 is 46.4 Å². The van der Waals surface area contributed by atoms with Crippen molar-refractivity contribution in [2.45, 2.75) is 49.6 Å². The van der Waals surface area contributed by atoms with Crippen molar-refractivity contribution < 1.29 is 0 Å². The van der Waals surface area contributed by atoms with Crippen molar-refractivity contribution in [3.8, 4) is 0 Å². The van der Waals surface area contributed by atoms with Crippen LogP contribution in [0.2, 0.25) is 20.1 Å². The Bertz CT molecular complexity index is 2030. The maximum Gasteiger partial charge on any atom is 0.142 e. The zero-order chi connectivity index (χ0) is 34.3. The molecule has 6 aromatic rings. The summed E-state index contributed by atoms with van der Waals surface area (Å²) in [6.07, 6.45) is 11.8. The predicted octanol–water partition coefficient (Wildman–Crippen LogP) is 7.80. The summed E-state index contributed by atoms with van der Waals surface area (Å²) >= 11 is 26.6. The fourth-order valence-corrected chi connectivity index (χ4v) is 8.33. The topological polar surface area (TPSA) is 114 Å². The molecule has 258 valence electrons. The van der Waals surface area contributed by atoms with E-state index in [2.05, 4.69) is 56.6 Å². The molecule has 2 fully saturated rings. The lowest BCUT2D eigenvalue weighted by Crippen LogP contribution is -2.67. The van der Waals surface area contributed by atoms with Gasteiger partial charge in [0, 0.05) is 59.7 Å². The second-order valence-corrected chi connectivity index (χ2v) is 15.1. The van der Waals surface area contributed by atoms with E-state index in [0.717, 1.165) is 96.7 Å². The molecule has 10 nitrogen and oxygen atoms in total. The van der Waals surface area contributed by atoms with Gasteiger partial charge < -0.3 is 19.8 Å². The summed E-state index contributed by atoms with van der Waals surface area (Å²) < 4.78 is 0. The van der Waals surface area contributed by atoms with Gasteiger partial charge in [0.25, 0.3) is 0 Å². The number of nitrogens with one attached hydrogen (secondary N) is 4. The summed E-state index contributed by atoms with van der Waals surface area (Å²) in [7, 11) is 0. The normalized spacial score (nSPS) is 17.5. The van der Waals surface area contributed by atoms with Gasteiger partial charge in [0.1, 0.15) is 35.6 Å². The molecule has 50 heavy (non-hydrogen) atoms. The van der Waals surface area contributed by atoms with E-state index >= 15 is 0 Å². The maximum absolute atomic E-state index is 6.82. The van der Waals surface area contributed by atoms with E-state index in [9.17, 15) is 0 Å². The van der Waals surface area contributed by atoms with Gasteiger partial charge in [0.15, 0.2) is 0 Å². The number of H-pyrrole nitrogens is 2. The lowest BCUT2D eigenvalue weighted by atomic mass is 9.80. The molecule has 0 atom stereocenters. The Labute approximate surface area is 309 Å². The molecular formula is C36H36Cl4N10. The van der Waals surface area contributed by atoms with Crippen LogP contribution in [0.4, 0.5) is 11.6 Å². The third-order valence-electron chi connectivity index (χ3n) is 10.4. The number of aromatic amines is 2. The summed E-state index contributed by atoms with van der Waals surface area (Å²) in [5, 5.41) is 4.57. The van der Waals surface area contributed by atoms with Gasteiger partial charge in [-0.2, -0.15) is 0 Å². The molecule has 0 saturated carbocycles. The first-order chi connectivity index (χ1) is 24.3. The lowest BCUT2D eigenvalue weighted by Gasteiger charge is -2.48. The quantitative estimate of drug-likeness (QED) is 0.111. The number of benzene rings is 2. The van der Waals surface area contributed by atoms with E-state index in [0.29, 0.717) is 32.9 Å². The number of hydrogen-bond donors (Lipinski definition) is 4. The summed E-state index contributed by atoms with van der Waals surface area (Å²) in [6, 6.07) is 15.7. The Hall–Kier alpha value is -3.64. The Kier molecular flexibility index (Phi) is 9.26. The van der Waals surface area contributed by atoms with Gasteiger partial charge in [-0.15, -0.1) is 0 Å². The monoisotopic (exact) mass is 748 g/mol. The Morgan fingerprint density at radius 3 is 1.72 bits per heavy atom. The highest BCUT2D eigenvalue weighted by Gasteiger charge is 2.41. The molecule has 6 heterocycles. The standard InChI is InChI=1S/C36H36Cl4N10/c37-25-4-5-28(38)24(18-25)20-36(10-16-50(17-11-36)34-27-7-13-42-32(27)44-22-46-34)48-47-35(19-23-2-1-3-29(39)30(23)40)8-14-49(15-9-35)33-26-6-12-41-31(26)43-21-45-33/h1-7,12-13,18,21-22,47-48H,8-11,14-17,19-20H2,(H,41,43,45)(H,42,44,46). The molecule has 2 saturated heterocycles. The molecule has 0 aliphatic carbocycles. The van der Waals surface area contributed by atoms with E-state index < -0.39 is 0 Å². The molecule has 8 rings (SSSR count). The van der Waals surface area contributed by atoms with Crippen LogP contribution < -0.4 is 20.7 Å². The second-order valence-electron chi connectivity index (χ2n) is 13.5. The van der Waals surface area contributed by atoms with Gasteiger partial charge in [-0.3, -0.25) is 10.9 Å². The molecule has 0 radical (unpaired) electrons. The smallest absolute Gasteiger partial charge is 0.142 e. The van der Waals surface area contributed by atoms with Crippen molar-refractivity contribution in [1.29, 1.82) is 0 Å². The minimum atomic E-state index is -0.332. The number of anilines is 2. The lowest BCUT2D eigenvalue weighted by molar-refractivity contribution is 0.145. The highest BCUT2D eigenvalue weighted by molar-refractivity contribution is 6.42. The van der Waals surface area contributed by atoms with Crippen LogP contribution in [0.3, 0.4) is 0 Å². The van der Waals surface area contributed by atoms with Crippen molar-refractivity contribution in [1.82, 2.24) is 40.8 Å². The number of nitrogens with zero attached hydrogens (tertiary/aromatic N) is 6. The van der Waals surface area contributed by atoms with Crippen molar-refractivity contribution >= 4 is 80.1 Å². The summed E-state index contributed by atoms with van der Waals surface area (Å²) in [5.74, 6) is 1.89. The maximum atomic E-state index is 6.82. The van der Waals surface area contributed by atoms with Crippen LogP contribution in [0.25, 0.3) is 22.1 Å². The molecule has 2 aliphatic rings. The average Bonchev–Trinajstić information content (AvgIpc) is 3.82. The number of fused-ring (bicyclic) bond motifs is 2. The first kappa shape index (κ1) is 33.5. The number of hydrazine groups is 1. The Morgan fingerprint density at radius 2 is 1.16 bits per heavy atom. The van der Waals surface area contributed by atoms with Gasteiger partial charge in [-0.05, 0) is 86.1 Å². The highest BCUT2D eigenvalue weighted by atomic mass is 35.5. The van der Waals surface area contributed by atoms with Crippen molar-refractivity contribution in [2.24, 2.45) is 0 Å². The van der Waals surface area contributed by atoms with Gasteiger partial charge in [-0.25, -0.2) is 19.9 Å². The molecule has 0 amide bonds.